The number of aryl methyl sites for hydroxylation is 4. The van der Waals surface area contributed by atoms with Crippen LogP contribution in [0.25, 0.3) is 22.3 Å². The third-order valence-electron chi connectivity index (χ3n) is 9.71. The zero-order valence-electron chi connectivity index (χ0n) is 35.0. The Morgan fingerprint density at radius 1 is 0.629 bits per heavy atom. The lowest BCUT2D eigenvalue weighted by Gasteiger charge is -2.12. The molecule has 4 aromatic carbocycles. The fourth-order valence-electron chi connectivity index (χ4n) is 6.46. The van der Waals surface area contributed by atoms with Crippen molar-refractivity contribution in [2.24, 2.45) is 0 Å². The van der Waals surface area contributed by atoms with E-state index in [-0.39, 0.29) is 5.49 Å². The fourth-order valence-corrected chi connectivity index (χ4v) is 8.43. The molecule has 4 aromatic heterocycles. The second-order valence-corrected chi connectivity index (χ2v) is 15.5. The molecule has 0 spiro atoms. The number of nitrogen functional groups attached to an aromatic ring is 1. The minimum Gasteiger partial charge on any atom is -0.497 e. The molecule has 0 aliphatic carbocycles. The number of anilines is 1. The smallest absolute Gasteiger partial charge is 0.175 e. The van der Waals surface area contributed by atoms with Crippen molar-refractivity contribution in [3.63, 3.8) is 0 Å². The number of ether oxygens (including phenoxy) is 6. The number of H-pyrrole nitrogens is 1. The highest BCUT2D eigenvalue weighted by molar-refractivity contribution is 7.99. The average molecular weight is 875 g/mol. The third-order valence-corrected chi connectivity index (χ3v) is 11.7. The predicted octanol–water partition coefficient (Wildman–Crippen LogP) is 7.49. The maximum absolute atomic E-state index is 8.18. The molecular weight excluding hydrogens is 829 g/mol. The number of hydrogen-bond donors (Lipinski definition) is 3. The number of aromatic amines is 1. The van der Waals surface area contributed by atoms with E-state index in [9.17, 15) is 0 Å². The van der Waals surface area contributed by atoms with E-state index in [0.29, 0.717) is 46.4 Å². The van der Waals surface area contributed by atoms with E-state index in [4.69, 9.17) is 49.5 Å². The van der Waals surface area contributed by atoms with Gasteiger partial charge in [0.25, 0.3) is 0 Å². The predicted molar refractivity (Wildman–Crippen MR) is 238 cm³/mol. The summed E-state index contributed by atoms with van der Waals surface area (Å²) < 4.78 is 36.3. The summed E-state index contributed by atoms with van der Waals surface area (Å²) in [6.45, 7) is 1.34. The lowest BCUT2D eigenvalue weighted by Crippen LogP contribution is -2.13. The Balaban J connectivity index is 0.000000186. The molecule has 4 heterocycles. The van der Waals surface area contributed by atoms with Crippen LogP contribution in [0.3, 0.4) is 0 Å². The summed E-state index contributed by atoms with van der Waals surface area (Å²) in [7, 11) is 9.85. The van der Waals surface area contributed by atoms with E-state index in [2.05, 4.69) is 36.6 Å². The molecule has 16 nitrogen and oxygen atoms in total. The maximum atomic E-state index is 8.18. The molecule has 4 N–H and O–H groups in total. The van der Waals surface area contributed by atoms with Crippen LogP contribution in [0.4, 0.5) is 5.82 Å². The van der Waals surface area contributed by atoms with Crippen molar-refractivity contribution in [1.82, 2.24) is 39.0 Å². The Bertz CT molecular complexity index is 2860. The Morgan fingerprint density at radius 2 is 1.21 bits per heavy atom. The summed E-state index contributed by atoms with van der Waals surface area (Å²) >= 11 is 2.89. The summed E-state index contributed by atoms with van der Waals surface area (Å²) in [4.78, 5) is 27.2. The van der Waals surface area contributed by atoms with Gasteiger partial charge in [-0.3, -0.25) is 5.41 Å². The molecule has 0 unspecified atom stereocenters. The van der Waals surface area contributed by atoms with Crippen molar-refractivity contribution in [3.05, 3.63) is 114 Å². The fraction of sp³-hybridized carbons (Fsp3) is 0.227. The molecule has 0 bridgehead atoms. The van der Waals surface area contributed by atoms with Crippen molar-refractivity contribution >= 4 is 51.7 Å². The first-order valence-electron chi connectivity index (χ1n) is 19.3. The van der Waals surface area contributed by atoms with Gasteiger partial charge in [0.05, 0.1) is 58.8 Å². The summed E-state index contributed by atoms with van der Waals surface area (Å²) in [5, 5.41) is 9.58. The number of methoxy groups -OCH3 is 6. The van der Waals surface area contributed by atoms with E-state index in [1.54, 1.807) is 49.0 Å². The van der Waals surface area contributed by atoms with Gasteiger partial charge in [-0.2, -0.15) is 0 Å². The number of aromatic nitrogens is 8. The highest BCUT2D eigenvalue weighted by atomic mass is 32.2. The standard InChI is InChI=1S/2C22H23N5O3S/c1-28-15-6-4-5-14(11-15)9-10-27-13-24-20(23)19-21(27)26-22(25-19)31-18-12-16(29-2)7-8-17(18)30-3;1-28-15-6-4-5-14(11-15)9-10-27-21-19(20(23)24-13-25-21)26-22(27)31-18-12-16(29-2)7-8-17(18)30-3/h4-8,11-13,23H,9-10H2,1-3H3,(H,25,26);4-8,11-13H,9-10H2,1-3H3,(H2,23,24,25). The Morgan fingerprint density at radius 3 is 1.81 bits per heavy atom. The molecule has 18 heteroatoms. The zero-order valence-corrected chi connectivity index (χ0v) is 36.7. The van der Waals surface area contributed by atoms with Crippen molar-refractivity contribution in [2.75, 3.05) is 48.4 Å². The van der Waals surface area contributed by atoms with Gasteiger partial charge < -0.3 is 48.3 Å². The van der Waals surface area contributed by atoms with Gasteiger partial charge in [0, 0.05) is 13.1 Å². The van der Waals surface area contributed by atoms with E-state index < -0.39 is 0 Å². The van der Waals surface area contributed by atoms with Crippen LogP contribution in [0, 0.1) is 5.41 Å². The largest absolute Gasteiger partial charge is 0.497 e. The van der Waals surface area contributed by atoms with E-state index in [0.717, 1.165) is 73.4 Å². The first kappa shape index (κ1) is 43.2. The third kappa shape index (κ3) is 9.98. The molecule has 0 saturated carbocycles. The van der Waals surface area contributed by atoms with Gasteiger partial charge in [-0.1, -0.05) is 24.3 Å². The number of rotatable bonds is 16. The quantitative estimate of drug-likeness (QED) is 0.0864. The number of hydrogen-bond acceptors (Lipinski definition) is 15. The van der Waals surface area contributed by atoms with E-state index in [1.807, 2.05) is 77.4 Å². The minimum absolute atomic E-state index is 0.157. The molecule has 0 aliphatic rings. The molecule has 0 amide bonds. The number of nitrogens with one attached hydrogen (secondary N) is 2. The second kappa shape index (κ2) is 20.1. The molecule has 8 rings (SSSR count). The van der Waals surface area contributed by atoms with Gasteiger partial charge in [0.2, 0.25) is 0 Å². The average Bonchev–Trinajstić information content (AvgIpc) is 3.90. The van der Waals surface area contributed by atoms with Gasteiger partial charge in [-0.25, -0.2) is 24.9 Å². The van der Waals surface area contributed by atoms with Gasteiger partial charge in [-0.05, 0) is 108 Å². The molecule has 62 heavy (non-hydrogen) atoms. The van der Waals surface area contributed by atoms with E-state index in [1.165, 1.54) is 29.9 Å². The Labute approximate surface area is 366 Å². The van der Waals surface area contributed by atoms with Crippen molar-refractivity contribution in [1.29, 1.82) is 5.41 Å². The molecule has 0 atom stereocenters. The molecule has 0 aliphatic heterocycles. The van der Waals surface area contributed by atoms with Gasteiger partial charge in [0.15, 0.2) is 38.4 Å². The zero-order chi connectivity index (χ0) is 43.6. The molecule has 0 fully saturated rings. The lowest BCUT2D eigenvalue weighted by molar-refractivity contribution is 0.394. The van der Waals surface area contributed by atoms with Gasteiger partial charge in [-0.15, -0.1) is 0 Å². The number of imidazole rings is 2. The SMILES string of the molecule is COc1cccc(CCn2c(Sc3cc(OC)ccc3OC)nc3c(N)ncnc32)c1.COc1cccc(CCn2cnc(=N)c3[nH]c(Sc4cc(OC)ccc4OC)nc32)c1. The van der Waals surface area contributed by atoms with Crippen LogP contribution >= 0.6 is 23.5 Å². The van der Waals surface area contributed by atoms with Crippen LogP contribution in [0.2, 0.25) is 0 Å². The van der Waals surface area contributed by atoms with Crippen LogP contribution in [-0.4, -0.2) is 81.7 Å². The van der Waals surface area contributed by atoms with E-state index >= 15 is 0 Å². The molecular formula is C44H46N10O6S2. The highest BCUT2D eigenvalue weighted by Crippen LogP contribution is 2.39. The number of benzene rings is 4. The van der Waals surface area contributed by atoms with Gasteiger partial charge >= 0.3 is 0 Å². The second-order valence-electron chi connectivity index (χ2n) is 13.4. The van der Waals surface area contributed by atoms with Crippen molar-refractivity contribution < 1.29 is 28.4 Å². The first-order valence-corrected chi connectivity index (χ1v) is 20.9. The van der Waals surface area contributed by atoms with Crippen LogP contribution in [-0.2, 0) is 25.9 Å². The minimum atomic E-state index is 0.157. The van der Waals surface area contributed by atoms with Crippen LogP contribution in [0.5, 0.6) is 34.5 Å². The number of fused-ring (bicyclic) bond motifs is 2. The van der Waals surface area contributed by atoms with Crippen molar-refractivity contribution in [3.8, 4) is 34.5 Å². The summed E-state index contributed by atoms with van der Waals surface area (Å²) in [6.07, 6.45) is 4.68. The Kier molecular flexibility index (Phi) is 14.0. The summed E-state index contributed by atoms with van der Waals surface area (Å²) in [5.41, 5.74) is 11.1. The van der Waals surface area contributed by atoms with Crippen molar-refractivity contribution in [2.45, 2.75) is 46.0 Å². The summed E-state index contributed by atoms with van der Waals surface area (Å²) in [5.74, 6) is 4.94. The number of nitrogens with zero attached hydrogens (tertiary/aromatic N) is 7. The molecule has 0 saturated heterocycles. The van der Waals surface area contributed by atoms with Crippen LogP contribution in [0.1, 0.15) is 11.1 Å². The normalized spacial score (nSPS) is 10.9. The molecule has 0 radical (unpaired) electrons. The number of nitrogens with two attached hydrogens (primary N) is 1. The Hall–Kier alpha value is -6.92. The first-order chi connectivity index (χ1) is 30.2. The topological polar surface area (TPSA) is 195 Å². The van der Waals surface area contributed by atoms with Crippen LogP contribution < -0.4 is 39.6 Å². The van der Waals surface area contributed by atoms with Crippen LogP contribution in [0.15, 0.2) is 118 Å². The summed E-state index contributed by atoms with van der Waals surface area (Å²) in [6, 6.07) is 27.3. The highest BCUT2D eigenvalue weighted by Gasteiger charge is 2.19. The monoisotopic (exact) mass is 874 g/mol. The van der Waals surface area contributed by atoms with Gasteiger partial charge in [0.1, 0.15) is 46.3 Å². The lowest BCUT2D eigenvalue weighted by atomic mass is 10.1. The molecule has 8 aromatic rings. The molecule has 320 valence electrons. The maximum Gasteiger partial charge on any atom is 0.175 e.